The van der Waals surface area contributed by atoms with Gasteiger partial charge in [-0.1, -0.05) is 0 Å². The summed E-state index contributed by atoms with van der Waals surface area (Å²) in [4.78, 5) is 3.46. The molecule has 1 aliphatic rings. The first-order chi connectivity index (χ1) is 7.16. The fraction of sp³-hybridized carbons (Fsp3) is 0.400. The van der Waals surface area contributed by atoms with Gasteiger partial charge >= 0.3 is 95.9 Å². The molecule has 0 spiro atoms. The van der Waals surface area contributed by atoms with Gasteiger partial charge in [0.1, 0.15) is 0 Å². The summed E-state index contributed by atoms with van der Waals surface area (Å²) in [6.45, 7) is 0. The average molecular weight is 385 g/mol. The van der Waals surface area contributed by atoms with Crippen LogP contribution < -0.4 is 3.40 Å². The van der Waals surface area contributed by atoms with Crippen LogP contribution in [0.1, 0.15) is 6.42 Å². The van der Waals surface area contributed by atoms with E-state index < -0.39 is 13.8 Å². The Morgan fingerprint density at radius 3 is 2.05 bits per heavy atom. The monoisotopic (exact) mass is 382 g/mol. The molecule has 0 unspecified atom stereocenters. The van der Waals surface area contributed by atoms with E-state index in [1.54, 1.807) is 0 Å². The molecule has 1 aromatic rings. The standard InChI is InChI=1S/C5H5.C4H4N.5CH3.CH2.2ClH.Zr/c2*1-2-4-5-3-1;;;;;;;;;/h1-3H,4H2;1-3,5H;5*1H3;1H2;2*1H;. The van der Waals surface area contributed by atoms with Gasteiger partial charge in [-0.25, -0.2) is 0 Å². The Labute approximate surface area is 120 Å². The molecule has 111 valence electrons. The predicted octanol–water partition coefficient (Wildman–Crippen LogP) is 5.30. The molecule has 1 heterocycles. The van der Waals surface area contributed by atoms with E-state index in [4.69, 9.17) is 4.21 Å². The number of H-pyrrole nitrogens is 1. The molecule has 1 N–H and O–H groups in total. The van der Waals surface area contributed by atoms with Crippen molar-refractivity contribution in [2.45, 2.75) is 29.6 Å². The van der Waals surface area contributed by atoms with Gasteiger partial charge in [0.05, 0.1) is 0 Å². The van der Waals surface area contributed by atoms with Crippen molar-refractivity contribution in [2.24, 2.45) is 0 Å². The van der Waals surface area contributed by atoms with Gasteiger partial charge in [0.15, 0.2) is 0 Å². The van der Waals surface area contributed by atoms with E-state index in [0.29, 0.717) is 0 Å². The Morgan fingerprint density at radius 2 is 1.68 bits per heavy atom. The molecule has 0 amide bonds. The van der Waals surface area contributed by atoms with Crippen molar-refractivity contribution in [1.29, 1.82) is 0 Å². The summed E-state index contributed by atoms with van der Waals surface area (Å²) in [6.07, 6.45) is 9.70. The molecular weight excluding hydrogens is 356 g/mol. The Hall–Kier alpha value is 0.0931. The minimum atomic E-state index is -4.71. The van der Waals surface area contributed by atoms with E-state index in [-0.39, 0.29) is 24.8 Å². The molecule has 0 saturated heterocycles. The van der Waals surface area contributed by atoms with Gasteiger partial charge < -0.3 is 0 Å². The van der Waals surface area contributed by atoms with Crippen LogP contribution in [0.4, 0.5) is 0 Å². The maximum atomic E-state index is 4.96. The Bertz CT molecular complexity index is 690. The minimum absolute atomic E-state index is 0. The molecular formula is C15H28Cl2NZr. The summed E-state index contributed by atoms with van der Waals surface area (Å²) in [6, 6.07) is 4.29. The first-order valence-electron chi connectivity index (χ1n) is 6.56. The number of rotatable bonds is 2. The molecule has 0 atom stereocenters. The summed E-state index contributed by atoms with van der Waals surface area (Å²) >= 11 is -4.71. The van der Waals surface area contributed by atoms with E-state index in [2.05, 4.69) is 58.5 Å². The van der Waals surface area contributed by atoms with E-state index in [1.165, 1.54) is 6.68 Å². The van der Waals surface area contributed by atoms with Crippen LogP contribution in [0.2, 0.25) is 23.2 Å². The summed E-state index contributed by atoms with van der Waals surface area (Å²) in [5, 5.41) is 0. The fourth-order valence-electron chi connectivity index (χ4n) is 3.07. The first-order valence-corrected chi connectivity index (χ1v) is 23.1. The molecule has 0 fully saturated rings. The van der Waals surface area contributed by atoms with E-state index in [0.717, 1.165) is 6.42 Å². The zero-order valence-electron chi connectivity index (χ0n) is 12.7. The van der Waals surface area contributed by atoms with Gasteiger partial charge in [0.2, 0.25) is 0 Å². The molecule has 2 rings (SSSR count). The second-order valence-electron chi connectivity index (χ2n) is 12.2. The SMILES string of the molecule is Cl.Cl.[CH2]=[Zr]([CH3])([CH3])([CH3])([CH3])([CH3])([C]1=CC=CC1)[c]1ccc[nH]1. The quantitative estimate of drug-likeness (QED) is 0.712. The number of hydrogen-bond donors (Lipinski definition) is 1. The van der Waals surface area contributed by atoms with Gasteiger partial charge in [-0.05, 0) is 0 Å². The molecule has 0 aliphatic heterocycles. The molecule has 19 heavy (non-hydrogen) atoms. The van der Waals surface area contributed by atoms with Crippen molar-refractivity contribution in [3.63, 3.8) is 0 Å². The topological polar surface area (TPSA) is 15.8 Å². The van der Waals surface area contributed by atoms with E-state index >= 15 is 0 Å². The Kier molecular flexibility index (Phi) is 3.00. The summed E-state index contributed by atoms with van der Waals surface area (Å²) < 4.78 is 19.8. The second kappa shape index (κ2) is 2.98. The molecule has 0 radical (unpaired) electrons. The molecule has 0 bridgehead atoms. The number of allylic oxidation sites excluding steroid dienone is 4. The zero-order valence-corrected chi connectivity index (χ0v) is 16.8. The second-order valence-corrected chi connectivity index (χ2v) is 63.0. The van der Waals surface area contributed by atoms with Crippen molar-refractivity contribution in [2.75, 3.05) is 0 Å². The van der Waals surface area contributed by atoms with Crippen molar-refractivity contribution in [3.05, 3.63) is 39.8 Å². The fourth-order valence-corrected chi connectivity index (χ4v) is 15.3. The van der Waals surface area contributed by atoms with E-state index in [1.807, 2.05) is 6.20 Å². The normalized spacial score (nSPS) is 22.7. The molecule has 4 heteroatoms. The number of hydrogen-bond acceptors (Lipinski definition) is 0. The van der Waals surface area contributed by atoms with Crippen molar-refractivity contribution < 1.29 is 13.8 Å². The number of aromatic amines is 1. The molecule has 0 saturated carbocycles. The maximum absolute atomic E-state index is 4.96. The molecule has 1 nitrogen and oxygen atoms in total. The molecule has 1 aliphatic carbocycles. The zero-order chi connectivity index (χ0) is 13.2. The van der Waals surface area contributed by atoms with Crippen molar-refractivity contribution >= 4 is 32.4 Å². The van der Waals surface area contributed by atoms with Crippen molar-refractivity contribution in [3.8, 4) is 0 Å². The molecule has 1 aromatic heterocycles. The van der Waals surface area contributed by atoms with Gasteiger partial charge in [-0.2, -0.15) is 0 Å². The van der Waals surface area contributed by atoms with Crippen molar-refractivity contribution in [1.82, 2.24) is 4.98 Å². The Balaban J connectivity index is 0.00000162. The van der Waals surface area contributed by atoms with Crippen LogP contribution in [0.25, 0.3) is 0 Å². The Morgan fingerprint density at radius 1 is 1.11 bits per heavy atom. The van der Waals surface area contributed by atoms with E-state index in [9.17, 15) is 0 Å². The third-order valence-electron chi connectivity index (χ3n) is 5.03. The van der Waals surface area contributed by atoms with Gasteiger partial charge in [0, 0.05) is 0 Å². The van der Waals surface area contributed by atoms with Crippen LogP contribution in [0, 0.1) is 0 Å². The summed E-state index contributed by atoms with van der Waals surface area (Å²) in [5.41, 5.74) is 0. The van der Waals surface area contributed by atoms with Crippen LogP contribution in [0.15, 0.2) is 39.8 Å². The van der Waals surface area contributed by atoms with Crippen LogP contribution in [-0.2, 0) is 13.8 Å². The summed E-state index contributed by atoms with van der Waals surface area (Å²) in [7, 11) is 0. The molecule has 0 aromatic carbocycles. The third-order valence-corrected chi connectivity index (χ3v) is 24.7. The van der Waals surface area contributed by atoms with Crippen LogP contribution >= 0.6 is 24.8 Å². The number of halogens is 2. The van der Waals surface area contributed by atoms with Crippen LogP contribution in [0.3, 0.4) is 0 Å². The van der Waals surface area contributed by atoms with Crippen LogP contribution in [0.5, 0.6) is 0 Å². The van der Waals surface area contributed by atoms with Gasteiger partial charge in [-0.3, -0.25) is 0 Å². The predicted molar refractivity (Wildman–Crippen MR) is 93.2 cm³/mol. The van der Waals surface area contributed by atoms with Gasteiger partial charge in [-0.15, -0.1) is 24.8 Å². The summed E-state index contributed by atoms with van der Waals surface area (Å²) in [5.74, 6) is 0. The number of aromatic nitrogens is 1. The number of nitrogens with one attached hydrogen (secondary N) is 1. The first kappa shape index (κ1) is 19.1. The third kappa shape index (κ3) is 2.64. The average Bonchev–Trinajstić information content (AvgIpc) is 2.76. The van der Waals surface area contributed by atoms with Crippen LogP contribution in [-0.4, -0.2) is 9.20 Å². The van der Waals surface area contributed by atoms with Gasteiger partial charge in [0.25, 0.3) is 0 Å².